The summed E-state index contributed by atoms with van der Waals surface area (Å²) in [4.78, 5) is 0. The molecule has 98 valence electrons. The van der Waals surface area contributed by atoms with Crippen LogP contribution >= 0.6 is 24.0 Å². The molecule has 0 aliphatic rings. The van der Waals surface area contributed by atoms with Gasteiger partial charge in [0, 0.05) is 6.20 Å². The van der Waals surface area contributed by atoms with Crippen LogP contribution in [0.15, 0.2) is 30.6 Å². The molecule has 0 aliphatic carbocycles. The minimum atomic E-state index is -4.41. The van der Waals surface area contributed by atoms with E-state index in [4.69, 9.17) is 17.3 Å². The Morgan fingerprint density at radius 1 is 1.28 bits per heavy atom. The smallest absolute Gasteiger partial charge is 0.397 e. The fourth-order valence-corrected chi connectivity index (χ4v) is 1.51. The molecule has 0 amide bonds. The molecule has 8 heteroatoms. The number of alkyl halides is 3. The molecule has 1 aromatic heterocycles. The summed E-state index contributed by atoms with van der Waals surface area (Å²) in [5.41, 5.74) is 5.10. The van der Waals surface area contributed by atoms with Crippen molar-refractivity contribution in [3.63, 3.8) is 0 Å². The zero-order valence-corrected chi connectivity index (χ0v) is 10.4. The van der Waals surface area contributed by atoms with Crippen molar-refractivity contribution in [3.8, 4) is 5.69 Å². The lowest BCUT2D eigenvalue weighted by molar-refractivity contribution is -0.137. The largest absolute Gasteiger partial charge is 0.416 e. The third-order valence-corrected chi connectivity index (χ3v) is 2.35. The predicted molar refractivity (Wildman–Crippen MR) is 65.2 cm³/mol. The highest BCUT2D eigenvalue weighted by molar-refractivity contribution is 6.30. The van der Waals surface area contributed by atoms with Crippen LogP contribution < -0.4 is 5.73 Å². The van der Waals surface area contributed by atoms with Gasteiger partial charge in [-0.05, 0) is 18.2 Å². The Labute approximate surface area is 112 Å². The lowest BCUT2D eigenvalue weighted by atomic mass is 10.1. The van der Waals surface area contributed by atoms with Crippen LogP contribution in [0.3, 0.4) is 0 Å². The van der Waals surface area contributed by atoms with Crippen LogP contribution in [-0.2, 0) is 6.18 Å². The van der Waals surface area contributed by atoms with Crippen molar-refractivity contribution < 1.29 is 13.2 Å². The van der Waals surface area contributed by atoms with Gasteiger partial charge in [-0.3, -0.25) is 0 Å². The quantitative estimate of drug-likeness (QED) is 0.818. The summed E-state index contributed by atoms with van der Waals surface area (Å²) >= 11 is 5.66. The van der Waals surface area contributed by atoms with Gasteiger partial charge in [-0.1, -0.05) is 11.6 Å². The predicted octanol–water partition coefficient (Wildman–Crippen LogP) is 3.55. The second kappa shape index (κ2) is 5.07. The first-order chi connectivity index (χ1) is 7.88. The number of hydrogen-bond donors (Lipinski definition) is 1. The van der Waals surface area contributed by atoms with Gasteiger partial charge in [0.25, 0.3) is 0 Å². The van der Waals surface area contributed by atoms with Gasteiger partial charge in [0.15, 0.2) is 0 Å². The van der Waals surface area contributed by atoms with Crippen LogP contribution in [0.4, 0.5) is 18.9 Å². The molecule has 1 aromatic carbocycles. The molecule has 2 aromatic rings. The monoisotopic (exact) mass is 297 g/mol. The SMILES string of the molecule is Cl.Nc1cc(C(F)(F)F)ccc1-n1cc(Cl)cn1. The van der Waals surface area contributed by atoms with Crippen LogP contribution in [0.5, 0.6) is 0 Å². The molecule has 0 spiro atoms. The Morgan fingerprint density at radius 2 is 1.94 bits per heavy atom. The van der Waals surface area contributed by atoms with E-state index in [0.29, 0.717) is 10.7 Å². The number of hydrogen-bond acceptors (Lipinski definition) is 2. The summed E-state index contributed by atoms with van der Waals surface area (Å²) in [5.74, 6) is 0. The number of nitrogens with zero attached hydrogens (tertiary/aromatic N) is 2. The molecule has 0 saturated heterocycles. The van der Waals surface area contributed by atoms with Gasteiger partial charge in [0.2, 0.25) is 0 Å². The molecule has 1 heterocycles. The minimum absolute atomic E-state index is 0. The Hall–Kier alpha value is -1.40. The summed E-state index contributed by atoms with van der Waals surface area (Å²) < 4.78 is 38.5. The number of nitrogen functional groups attached to an aromatic ring is 1. The molecular weight excluding hydrogens is 290 g/mol. The first kappa shape index (κ1) is 14.7. The average molecular weight is 298 g/mol. The third kappa shape index (κ3) is 2.88. The van der Waals surface area contributed by atoms with Crippen molar-refractivity contribution in [2.75, 3.05) is 5.73 Å². The highest BCUT2D eigenvalue weighted by Gasteiger charge is 2.30. The standard InChI is InChI=1S/C10H7ClF3N3.ClH/c11-7-4-16-17(5-7)9-2-1-6(3-8(9)15)10(12,13)14;/h1-5H,15H2;1H. The molecule has 0 bridgehead atoms. The number of aromatic nitrogens is 2. The molecule has 18 heavy (non-hydrogen) atoms. The molecule has 3 nitrogen and oxygen atoms in total. The molecule has 0 unspecified atom stereocenters. The lowest BCUT2D eigenvalue weighted by Gasteiger charge is -2.10. The van der Waals surface area contributed by atoms with E-state index in [9.17, 15) is 13.2 Å². The Kier molecular flexibility index (Phi) is 4.13. The maximum atomic E-state index is 12.4. The summed E-state index contributed by atoms with van der Waals surface area (Å²) in [6, 6.07) is 3.06. The fraction of sp³-hybridized carbons (Fsp3) is 0.100. The van der Waals surface area contributed by atoms with E-state index < -0.39 is 11.7 Å². The third-order valence-electron chi connectivity index (χ3n) is 2.15. The first-order valence-corrected chi connectivity index (χ1v) is 4.93. The molecule has 0 atom stereocenters. The van der Waals surface area contributed by atoms with Crippen molar-refractivity contribution in [2.45, 2.75) is 6.18 Å². The van der Waals surface area contributed by atoms with Gasteiger partial charge in [-0.25, -0.2) is 4.68 Å². The van der Waals surface area contributed by atoms with E-state index in [2.05, 4.69) is 5.10 Å². The molecule has 0 aliphatic heterocycles. The van der Waals surface area contributed by atoms with E-state index in [1.165, 1.54) is 23.1 Å². The van der Waals surface area contributed by atoms with Crippen molar-refractivity contribution in [1.29, 1.82) is 0 Å². The fourth-order valence-electron chi connectivity index (χ4n) is 1.37. The van der Waals surface area contributed by atoms with E-state index >= 15 is 0 Å². The van der Waals surface area contributed by atoms with E-state index in [1.807, 2.05) is 0 Å². The number of nitrogens with two attached hydrogens (primary N) is 1. The minimum Gasteiger partial charge on any atom is -0.397 e. The van der Waals surface area contributed by atoms with Gasteiger partial charge < -0.3 is 5.73 Å². The summed E-state index contributed by atoms with van der Waals surface area (Å²) in [7, 11) is 0. The number of rotatable bonds is 1. The van der Waals surface area contributed by atoms with Crippen LogP contribution in [0.1, 0.15) is 5.56 Å². The highest BCUT2D eigenvalue weighted by atomic mass is 35.5. The first-order valence-electron chi connectivity index (χ1n) is 4.55. The molecule has 2 N–H and O–H groups in total. The zero-order valence-electron chi connectivity index (χ0n) is 8.78. The summed E-state index contributed by atoms with van der Waals surface area (Å²) in [6.07, 6.45) is -1.58. The molecule has 2 rings (SSSR count). The van der Waals surface area contributed by atoms with Crippen molar-refractivity contribution in [1.82, 2.24) is 9.78 Å². The van der Waals surface area contributed by atoms with Crippen LogP contribution in [0.25, 0.3) is 5.69 Å². The number of halogens is 5. The Bertz CT molecular complexity index is 552. The van der Waals surface area contributed by atoms with Gasteiger partial charge in [0.1, 0.15) is 0 Å². The van der Waals surface area contributed by atoms with Crippen molar-refractivity contribution in [3.05, 3.63) is 41.2 Å². The topological polar surface area (TPSA) is 43.8 Å². The summed E-state index contributed by atoms with van der Waals surface area (Å²) in [6.45, 7) is 0. The second-order valence-electron chi connectivity index (χ2n) is 3.37. The lowest BCUT2D eigenvalue weighted by Crippen LogP contribution is -2.07. The maximum absolute atomic E-state index is 12.4. The van der Waals surface area contributed by atoms with E-state index in [-0.39, 0.29) is 18.1 Å². The maximum Gasteiger partial charge on any atom is 0.416 e. The summed E-state index contributed by atoms with van der Waals surface area (Å²) in [5, 5.41) is 4.24. The number of anilines is 1. The normalized spacial score (nSPS) is 11.1. The number of benzene rings is 1. The molecular formula is C10H8Cl2F3N3. The van der Waals surface area contributed by atoms with Gasteiger partial charge in [-0.2, -0.15) is 18.3 Å². The van der Waals surface area contributed by atoms with E-state index in [1.54, 1.807) is 0 Å². The van der Waals surface area contributed by atoms with Crippen LogP contribution in [-0.4, -0.2) is 9.78 Å². The zero-order chi connectivity index (χ0) is 12.6. The van der Waals surface area contributed by atoms with Gasteiger partial charge in [-0.15, -0.1) is 12.4 Å². The molecule has 0 fully saturated rings. The van der Waals surface area contributed by atoms with Crippen LogP contribution in [0, 0.1) is 0 Å². The van der Waals surface area contributed by atoms with Crippen molar-refractivity contribution in [2.24, 2.45) is 0 Å². The average Bonchev–Trinajstić information content (AvgIpc) is 2.63. The van der Waals surface area contributed by atoms with Gasteiger partial charge in [0.05, 0.1) is 28.2 Å². The van der Waals surface area contributed by atoms with E-state index in [0.717, 1.165) is 12.1 Å². The highest BCUT2D eigenvalue weighted by Crippen LogP contribution is 2.32. The van der Waals surface area contributed by atoms with Gasteiger partial charge >= 0.3 is 6.18 Å². The Balaban J connectivity index is 0.00000162. The second-order valence-corrected chi connectivity index (χ2v) is 3.81. The molecule has 0 saturated carbocycles. The Morgan fingerprint density at radius 3 is 2.39 bits per heavy atom. The van der Waals surface area contributed by atoms with Crippen molar-refractivity contribution >= 4 is 29.7 Å². The molecule has 0 radical (unpaired) electrons. The van der Waals surface area contributed by atoms with Crippen LogP contribution in [0.2, 0.25) is 5.02 Å².